The summed E-state index contributed by atoms with van der Waals surface area (Å²) in [6, 6.07) is 0. The summed E-state index contributed by atoms with van der Waals surface area (Å²) in [6.45, 7) is 5.39. The molecule has 2 saturated carbocycles. The second kappa shape index (κ2) is 6.91. The van der Waals surface area contributed by atoms with Crippen molar-refractivity contribution in [2.45, 2.75) is 58.3 Å². The first-order valence-corrected chi connectivity index (χ1v) is 7.99. The molecule has 2 aliphatic carbocycles. The largest absolute Gasteiger partial charge is 0.383 e. The van der Waals surface area contributed by atoms with Gasteiger partial charge in [0.05, 0.1) is 6.61 Å². The Morgan fingerprint density at radius 2 is 1.94 bits per heavy atom. The summed E-state index contributed by atoms with van der Waals surface area (Å²) in [4.78, 5) is 0. The number of fused-ring (bicyclic) bond motifs is 1. The second-order valence-corrected chi connectivity index (χ2v) is 6.64. The molecule has 0 aliphatic heterocycles. The smallest absolute Gasteiger partial charge is 0.0587 e. The van der Waals surface area contributed by atoms with Gasteiger partial charge in [-0.25, -0.2) is 0 Å². The summed E-state index contributed by atoms with van der Waals surface area (Å²) >= 11 is 0. The van der Waals surface area contributed by atoms with Crippen molar-refractivity contribution in [3.63, 3.8) is 0 Å². The van der Waals surface area contributed by atoms with Gasteiger partial charge in [0.1, 0.15) is 0 Å². The van der Waals surface area contributed by atoms with Crippen molar-refractivity contribution in [2.75, 3.05) is 26.8 Å². The Labute approximate surface area is 113 Å². The number of hydrogen-bond donors (Lipinski definition) is 1. The topological polar surface area (TPSA) is 21.3 Å². The van der Waals surface area contributed by atoms with E-state index in [1.54, 1.807) is 7.11 Å². The van der Waals surface area contributed by atoms with Gasteiger partial charge in [-0.05, 0) is 42.9 Å². The molecule has 0 heterocycles. The molecule has 0 spiro atoms. The molecule has 2 atom stereocenters. The third-order valence-electron chi connectivity index (χ3n) is 5.00. The number of ether oxygens (including phenoxy) is 1. The van der Waals surface area contributed by atoms with Crippen LogP contribution in [0, 0.1) is 17.3 Å². The molecule has 2 fully saturated rings. The van der Waals surface area contributed by atoms with Crippen LogP contribution in [0.4, 0.5) is 0 Å². The molecule has 0 aromatic carbocycles. The van der Waals surface area contributed by atoms with Crippen molar-refractivity contribution in [1.29, 1.82) is 0 Å². The molecule has 0 aromatic rings. The molecule has 2 nitrogen and oxygen atoms in total. The van der Waals surface area contributed by atoms with Gasteiger partial charge in [0.15, 0.2) is 0 Å². The minimum absolute atomic E-state index is 0.648. The van der Waals surface area contributed by atoms with Crippen molar-refractivity contribution in [3.8, 4) is 0 Å². The van der Waals surface area contributed by atoms with Crippen LogP contribution in [0.1, 0.15) is 58.3 Å². The van der Waals surface area contributed by atoms with Crippen LogP contribution in [0.25, 0.3) is 0 Å². The predicted molar refractivity (Wildman–Crippen MR) is 76.8 cm³/mol. The van der Waals surface area contributed by atoms with E-state index in [2.05, 4.69) is 12.2 Å². The zero-order valence-electron chi connectivity index (χ0n) is 12.3. The molecule has 2 unspecified atom stereocenters. The summed E-state index contributed by atoms with van der Waals surface area (Å²) in [5, 5.41) is 3.63. The maximum absolute atomic E-state index is 5.12. The van der Waals surface area contributed by atoms with E-state index in [4.69, 9.17) is 4.74 Å². The van der Waals surface area contributed by atoms with Crippen LogP contribution in [0.2, 0.25) is 0 Å². The molecule has 0 aromatic heterocycles. The minimum Gasteiger partial charge on any atom is -0.383 e. The fraction of sp³-hybridized carbons (Fsp3) is 1.00. The van der Waals surface area contributed by atoms with Crippen molar-refractivity contribution in [2.24, 2.45) is 17.3 Å². The summed E-state index contributed by atoms with van der Waals surface area (Å²) in [5.74, 6) is 2.20. The Balaban J connectivity index is 1.69. The van der Waals surface area contributed by atoms with E-state index < -0.39 is 0 Å². The predicted octanol–water partition coefficient (Wildman–Crippen LogP) is 3.61. The third-order valence-corrected chi connectivity index (χ3v) is 5.00. The summed E-state index contributed by atoms with van der Waals surface area (Å²) in [7, 11) is 1.78. The van der Waals surface area contributed by atoms with Gasteiger partial charge in [0.2, 0.25) is 0 Å². The first-order valence-electron chi connectivity index (χ1n) is 7.99. The number of hydrogen-bond acceptors (Lipinski definition) is 2. The normalized spacial score (nSPS) is 33.7. The average Bonchev–Trinajstić information content (AvgIpc) is 2.99. The molecule has 1 N–H and O–H groups in total. The van der Waals surface area contributed by atoms with Crippen LogP contribution in [-0.4, -0.2) is 26.8 Å². The molecule has 106 valence electrons. The number of unbranched alkanes of at least 4 members (excludes halogenated alkanes) is 3. The Bertz CT molecular complexity index is 217. The lowest BCUT2D eigenvalue weighted by Crippen LogP contribution is -2.35. The molecular formula is C16H31NO. The zero-order chi connectivity index (χ0) is 12.8. The number of nitrogens with one attached hydrogen (secondary N) is 1. The third kappa shape index (κ3) is 3.96. The van der Waals surface area contributed by atoms with Crippen LogP contribution >= 0.6 is 0 Å². The van der Waals surface area contributed by atoms with Crippen LogP contribution in [-0.2, 0) is 4.74 Å². The van der Waals surface area contributed by atoms with Gasteiger partial charge in [-0.2, -0.15) is 0 Å². The molecule has 18 heavy (non-hydrogen) atoms. The minimum atomic E-state index is 0.648. The summed E-state index contributed by atoms with van der Waals surface area (Å²) in [6.07, 6.45) is 11.7. The summed E-state index contributed by atoms with van der Waals surface area (Å²) in [5.41, 5.74) is 0.648. The molecule has 0 saturated heterocycles. The SMILES string of the molecule is CCCCCCC1(CNCCOC)CC2CC2C1. The van der Waals surface area contributed by atoms with E-state index in [0.29, 0.717) is 5.41 Å². The monoisotopic (exact) mass is 253 g/mol. The number of rotatable bonds is 10. The first kappa shape index (κ1) is 14.3. The van der Waals surface area contributed by atoms with Crippen molar-refractivity contribution >= 4 is 0 Å². The quantitative estimate of drug-likeness (QED) is 0.601. The van der Waals surface area contributed by atoms with E-state index in [9.17, 15) is 0 Å². The van der Waals surface area contributed by atoms with Gasteiger partial charge in [0, 0.05) is 20.2 Å². The van der Waals surface area contributed by atoms with Crippen LogP contribution in [0.3, 0.4) is 0 Å². The molecule has 2 rings (SSSR count). The van der Waals surface area contributed by atoms with Crippen molar-refractivity contribution in [3.05, 3.63) is 0 Å². The average molecular weight is 253 g/mol. The Morgan fingerprint density at radius 1 is 1.17 bits per heavy atom. The lowest BCUT2D eigenvalue weighted by molar-refractivity contribution is 0.180. The van der Waals surface area contributed by atoms with Gasteiger partial charge < -0.3 is 10.1 Å². The molecule has 2 aliphatic rings. The highest BCUT2D eigenvalue weighted by atomic mass is 16.5. The van der Waals surface area contributed by atoms with Gasteiger partial charge in [-0.1, -0.05) is 32.6 Å². The summed E-state index contributed by atoms with van der Waals surface area (Å²) < 4.78 is 5.12. The molecular weight excluding hydrogens is 222 g/mol. The van der Waals surface area contributed by atoms with Crippen molar-refractivity contribution in [1.82, 2.24) is 5.32 Å². The van der Waals surface area contributed by atoms with E-state index in [1.807, 2.05) is 0 Å². The highest BCUT2D eigenvalue weighted by molar-refractivity contribution is 5.03. The molecule has 0 radical (unpaired) electrons. The zero-order valence-corrected chi connectivity index (χ0v) is 12.3. The first-order chi connectivity index (χ1) is 8.79. The van der Waals surface area contributed by atoms with Gasteiger partial charge in [-0.3, -0.25) is 0 Å². The van der Waals surface area contributed by atoms with Crippen LogP contribution < -0.4 is 5.32 Å². The Morgan fingerprint density at radius 3 is 2.61 bits per heavy atom. The fourth-order valence-electron chi connectivity index (χ4n) is 3.90. The molecule has 2 heteroatoms. The fourth-order valence-corrected chi connectivity index (χ4v) is 3.90. The van der Waals surface area contributed by atoms with E-state index in [0.717, 1.165) is 25.0 Å². The van der Waals surface area contributed by atoms with Gasteiger partial charge >= 0.3 is 0 Å². The van der Waals surface area contributed by atoms with E-state index >= 15 is 0 Å². The van der Waals surface area contributed by atoms with E-state index in [1.165, 1.54) is 57.9 Å². The van der Waals surface area contributed by atoms with Crippen LogP contribution in [0.15, 0.2) is 0 Å². The van der Waals surface area contributed by atoms with E-state index in [-0.39, 0.29) is 0 Å². The highest BCUT2D eigenvalue weighted by Gasteiger charge is 2.52. The second-order valence-electron chi connectivity index (χ2n) is 6.64. The Hall–Kier alpha value is -0.0800. The van der Waals surface area contributed by atoms with Crippen LogP contribution in [0.5, 0.6) is 0 Å². The maximum Gasteiger partial charge on any atom is 0.0587 e. The molecule has 0 amide bonds. The van der Waals surface area contributed by atoms with Gasteiger partial charge in [-0.15, -0.1) is 0 Å². The Kier molecular flexibility index (Phi) is 5.50. The lowest BCUT2D eigenvalue weighted by Gasteiger charge is -2.31. The number of methoxy groups -OCH3 is 1. The van der Waals surface area contributed by atoms with Gasteiger partial charge in [0.25, 0.3) is 0 Å². The highest BCUT2D eigenvalue weighted by Crippen LogP contribution is 2.61. The lowest BCUT2D eigenvalue weighted by atomic mass is 9.78. The standard InChI is InChI=1S/C16H31NO/c1-3-4-5-6-7-16(13-17-8-9-18-2)11-14-10-15(14)12-16/h14-15,17H,3-13H2,1-2H3. The van der Waals surface area contributed by atoms with Crippen molar-refractivity contribution < 1.29 is 4.74 Å². The molecule has 0 bridgehead atoms. The maximum atomic E-state index is 5.12.